The monoisotopic (exact) mass is 427 g/mol. The number of ether oxygens (including phenoxy) is 1. The highest BCUT2D eigenvalue weighted by atomic mass is 35.5. The molecule has 1 saturated heterocycles. The van der Waals surface area contributed by atoms with E-state index in [1.807, 2.05) is 11.9 Å². The standard InChI is InChI=1S/C18H18FN3O4S.ClH/c1-20-2-4-21(5-3-20)14-11(19)6-10-13-16(14)27-8-9-7-26-17(22(9)13)12(15(10)23)18(24)25;/h6,9H,2-5,7-8H2,1H3,(H,24,25);1H. The Morgan fingerprint density at radius 3 is 2.71 bits per heavy atom. The molecule has 1 aromatic heterocycles. The molecule has 10 heteroatoms. The molecule has 1 fully saturated rings. The van der Waals surface area contributed by atoms with E-state index in [0.717, 1.165) is 13.1 Å². The lowest BCUT2D eigenvalue weighted by Crippen LogP contribution is -2.45. The van der Waals surface area contributed by atoms with Crippen LogP contribution in [0, 0.1) is 5.82 Å². The SMILES string of the molecule is CN1CCN(c2c(F)cc3c(=O)c(C(=O)O)c4n5c3c2SCC5CO4)CC1.Cl. The first kappa shape index (κ1) is 19.4. The third kappa shape index (κ3) is 2.60. The van der Waals surface area contributed by atoms with E-state index in [9.17, 15) is 14.7 Å². The van der Waals surface area contributed by atoms with Gasteiger partial charge in [0.05, 0.1) is 27.5 Å². The second kappa shape index (κ2) is 6.82. The summed E-state index contributed by atoms with van der Waals surface area (Å²) >= 11 is 1.52. The van der Waals surface area contributed by atoms with Crippen LogP contribution in [0.5, 0.6) is 5.88 Å². The van der Waals surface area contributed by atoms with Crippen LogP contribution in [0.25, 0.3) is 10.9 Å². The number of hydrogen-bond donors (Lipinski definition) is 1. The molecule has 3 aliphatic rings. The van der Waals surface area contributed by atoms with Gasteiger partial charge in [0.15, 0.2) is 5.56 Å². The Hall–Kier alpha value is -1.97. The van der Waals surface area contributed by atoms with Crippen molar-refractivity contribution in [1.82, 2.24) is 9.47 Å². The van der Waals surface area contributed by atoms with Gasteiger partial charge in [-0.05, 0) is 13.1 Å². The fraction of sp³-hybridized carbons (Fsp3) is 0.444. The topological polar surface area (TPSA) is 75.0 Å². The van der Waals surface area contributed by atoms with Crippen LogP contribution < -0.4 is 15.1 Å². The summed E-state index contributed by atoms with van der Waals surface area (Å²) < 4.78 is 22.5. The zero-order valence-electron chi connectivity index (χ0n) is 15.1. The average Bonchev–Trinajstić information content (AvgIpc) is 3.06. The normalized spacial score (nSPS) is 20.8. The molecule has 0 bridgehead atoms. The van der Waals surface area contributed by atoms with E-state index in [4.69, 9.17) is 4.74 Å². The highest BCUT2D eigenvalue weighted by Gasteiger charge is 2.38. The van der Waals surface area contributed by atoms with E-state index in [0.29, 0.717) is 41.5 Å². The van der Waals surface area contributed by atoms with Crippen LogP contribution in [-0.4, -0.2) is 66.1 Å². The highest BCUT2D eigenvalue weighted by molar-refractivity contribution is 7.99. The summed E-state index contributed by atoms with van der Waals surface area (Å²) in [5, 5.41) is 9.63. The molecular weight excluding hydrogens is 409 g/mol. The van der Waals surface area contributed by atoms with Crippen molar-refractivity contribution in [2.24, 2.45) is 0 Å². The fourth-order valence-electron chi connectivity index (χ4n) is 4.16. The van der Waals surface area contributed by atoms with Crippen LogP contribution >= 0.6 is 24.2 Å². The van der Waals surface area contributed by atoms with Crippen LogP contribution in [0.4, 0.5) is 10.1 Å². The third-order valence-corrected chi connectivity index (χ3v) is 6.79. The van der Waals surface area contributed by atoms with Crippen LogP contribution in [0.3, 0.4) is 0 Å². The Morgan fingerprint density at radius 1 is 1.32 bits per heavy atom. The van der Waals surface area contributed by atoms with E-state index in [-0.39, 0.29) is 29.7 Å². The molecule has 0 amide bonds. The van der Waals surface area contributed by atoms with Gasteiger partial charge in [0.2, 0.25) is 11.3 Å². The number of aromatic carboxylic acids is 1. The first-order chi connectivity index (χ1) is 13.0. The number of anilines is 1. The zero-order valence-corrected chi connectivity index (χ0v) is 16.7. The molecule has 4 heterocycles. The van der Waals surface area contributed by atoms with Gasteiger partial charge in [-0.3, -0.25) is 4.79 Å². The Balaban J connectivity index is 0.00000192. The summed E-state index contributed by atoms with van der Waals surface area (Å²) in [5.74, 6) is -1.06. The van der Waals surface area contributed by atoms with Gasteiger partial charge in [0.1, 0.15) is 12.4 Å². The predicted molar refractivity (Wildman–Crippen MR) is 107 cm³/mol. The molecule has 1 unspecified atom stereocenters. The number of benzene rings is 1. The number of pyridine rings is 1. The predicted octanol–water partition coefficient (Wildman–Crippen LogP) is 2.05. The van der Waals surface area contributed by atoms with Crippen molar-refractivity contribution in [1.29, 1.82) is 0 Å². The van der Waals surface area contributed by atoms with Crippen molar-refractivity contribution in [3.63, 3.8) is 0 Å². The van der Waals surface area contributed by atoms with Gasteiger partial charge in [-0.1, -0.05) is 0 Å². The van der Waals surface area contributed by atoms with E-state index in [1.165, 1.54) is 17.8 Å². The van der Waals surface area contributed by atoms with E-state index < -0.39 is 22.8 Å². The van der Waals surface area contributed by atoms with Crippen LogP contribution in [0.2, 0.25) is 0 Å². The number of carboxylic acid groups (broad SMARTS) is 1. The summed E-state index contributed by atoms with van der Waals surface area (Å²) in [5.41, 5.74) is 0.0313. The lowest BCUT2D eigenvalue weighted by Gasteiger charge is -2.36. The number of carbonyl (C=O) groups is 1. The smallest absolute Gasteiger partial charge is 0.345 e. The number of halogens is 2. The number of piperazine rings is 1. The van der Waals surface area contributed by atoms with Crippen molar-refractivity contribution in [3.8, 4) is 5.88 Å². The summed E-state index contributed by atoms with van der Waals surface area (Å²) in [6.45, 7) is 3.41. The molecular formula is C18H19ClFN3O4S. The highest BCUT2D eigenvalue weighted by Crippen LogP contribution is 2.48. The van der Waals surface area contributed by atoms with Crippen molar-refractivity contribution in [3.05, 3.63) is 27.7 Å². The molecule has 1 atom stereocenters. The number of likely N-dealkylation sites (N-methyl/N-ethyl adjacent to an activating group) is 1. The minimum absolute atomic E-state index is 0. The van der Waals surface area contributed by atoms with Gasteiger partial charge >= 0.3 is 5.97 Å². The maximum absolute atomic E-state index is 15.1. The lowest BCUT2D eigenvalue weighted by atomic mass is 10.1. The Labute approximate surface area is 170 Å². The van der Waals surface area contributed by atoms with Crippen LogP contribution in [0.15, 0.2) is 15.8 Å². The quantitative estimate of drug-likeness (QED) is 0.786. The largest absolute Gasteiger partial charge is 0.477 e. The van der Waals surface area contributed by atoms with Gasteiger partial charge in [0.25, 0.3) is 0 Å². The van der Waals surface area contributed by atoms with Crippen LogP contribution in [-0.2, 0) is 0 Å². The molecule has 3 aliphatic heterocycles. The molecule has 0 aliphatic carbocycles. The number of aromatic nitrogens is 1. The van der Waals surface area contributed by atoms with Crippen molar-refractivity contribution in [2.45, 2.75) is 10.9 Å². The number of hydrogen-bond acceptors (Lipinski definition) is 6. The van der Waals surface area contributed by atoms with Crippen molar-refractivity contribution in [2.75, 3.05) is 50.5 Å². The molecule has 1 aromatic carbocycles. The second-order valence-electron chi connectivity index (χ2n) is 7.18. The fourth-order valence-corrected chi connectivity index (χ4v) is 5.48. The first-order valence-electron chi connectivity index (χ1n) is 8.84. The second-order valence-corrected chi connectivity index (χ2v) is 8.21. The maximum atomic E-state index is 15.1. The number of carboxylic acids is 1. The van der Waals surface area contributed by atoms with Gasteiger partial charge in [-0.15, -0.1) is 24.2 Å². The molecule has 0 saturated carbocycles. The van der Waals surface area contributed by atoms with Gasteiger partial charge in [-0.25, -0.2) is 9.18 Å². The van der Waals surface area contributed by atoms with Gasteiger partial charge < -0.3 is 24.2 Å². The lowest BCUT2D eigenvalue weighted by molar-refractivity contribution is 0.0691. The Kier molecular flexibility index (Phi) is 4.71. The first-order valence-corrected chi connectivity index (χ1v) is 9.83. The molecule has 0 radical (unpaired) electrons. The zero-order chi connectivity index (χ0) is 18.9. The summed E-state index contributed by atoms with van der Waals surface area (Å²) in [4.78, 5) is 29.4. The molecule has 2 aromatic rings. The minimum Gasteiger partial charge on any atom is -0.477 e. The molecule has 7 nitrogen and oxygen atoms in total. The maximum Gasteiger partial charge on any atom is 0.345 e. The van der Waals surface area contributed by atoms with E-state index >= 15 is 4.39 Å². The molecule has 1 N–H and O–H groups in total. The third-order valence-electron chi connectivity index (χ3n) is 5.56. The Bertz CT molecular complexity index is 1050. The average molecular weight is 428 g/mol. The van der Waals surface area contributed by atoms with Gasteiger partial charge in [-0.2, -0.15) is 0 Å². The van der Waals surface area contributed by atoms with Gasteiger partial charge in [0, 0.05) is 31.9 Å². The summed E-state index contributed by atoms with van der Waals surface area (Å²) in [7, 11) is 2.04. The summed E-state index contributed by atoms with van der Waals surface area (Å²) in [6.07, 6.45) is 0. The number of nitrogens with zero attached hydrogens (tertiary/aromatic N) is 3. The molecule has 5 rings (SSSR count). The van der Waals surface area contributed by atoms with E-state index in [1.54, 1.807) is 4.57 Å². The Morgan fingerprint density at radius 2 is 2.04 bits per heavy atom. The minimum atomic E-state index is -1.34. The number of rotatable bonds is 2. The van der Waals surface area contributed by atoms with Crippen LogP contribution in [0.1, 0.15) is 16.4 Å². The molecule has 150 valence electrons. The van der Waals surface area contributed by atoms with E-state index in [2.05, 4.69) is 4.90 Å². The molecule has 0 spiro atoms. The van der Waals surface area contributed by atoms with Crippen molar-refractivity contribution >= 4 is 46.7 Å². The number of thioether (sulfide) groups is 1. The molecule has 28 heavy (non-hydrogen) atoms. The summed E-state index contributed by atoms with van der Waals surface area (Å²) in [6, 6.07) is 1.15. The van der Waals surface area contributed by atoms with Crippen molar-refractivity contribution < 1.29 is 19.0 Å².